The third-order valence-corrected chi connectivity index (χ3v) is 6.17. The van der Waals surface area contributed by atoms with Crippen molar-refractivity contribution in [2.45, 2.75) is 75.1 Å². The number of rotatable bonds is 6. The van der Waals surface area contributed by atoms with Crippen molar-refractivity contribution >= 4 is 11.8 Å². The average molecular weight is 346 g/mol. The van der Waals surface area contributed by atoms with Gasteiger partial charge in [0.2, 0.25) is 0 Å². The Labute approximate surface area is 143 Å². The summed E-state index contributed by atoms with van der Waals surface area (Å²) < 4.78 is 11.3. The second-order valence-corrected chi connectivity index (χ2v) is 8.09. The minimum Gasteiger partial charge on any atom is -0.390 e. The molecule has 3 N–H and O–H groups in total. The lowest BCUT2D eigenvalue weighted by atomic mass is 9.62. The lowest BCUT2D eigenvalue weighted by Gasteiger charge is -2.54. The number of hydrogen-bond donors (Lipinski definition) is 3. The predicted octanol–water partition coefficient (Wildman–Crippen LogP) is 1.50. The lowest BCUT2D eigenvalue weighted by molar-refractivity contribution is -0.271. The van der Waals surface area contributed by atoms with Crippen LogP contribution in [0.2, 0.25) is 0 Å². The lowest BCUT2D eigenvalue weighted by Crippen LogP contribution is -2.75. The third kappa shape index (κ3) is 2.98. The number of thioether (sulfide) groups is 1. The van der Waals surface area contributed by atoms with Crippen molar-refractivity contribution in [1.29, 1.82) is 0 Å². The molecule has 0 aromatic heterocycles. The summed E-state index contributed by atoms with van der Waals surface area (Å²) in [5, 5.41) is 33.1. The second-order valence-electron chi connectivity index (χ2n) is 7.22. The Morgan fingerprint density at radius 2 is 2.04 bits per heavy atom. The van der Waals surface area contributed by atoms with E-state index >= 15 is 0 Å². The molecule has 6 heteroatoms. The van der Waals surface area contributed by atoms with Crippen molar-refractivity contribution in [2.75, 3.05) is 19.1 Å². The van der Waals surface area contributed by atoms with Crippen molar-refractivity contribution < 1.29 is 24.8 Å². The molecule has 1 saturated heterocycles. The first kappa shape index (κ1) is 19.2. The summed E-state index contributed by atoms with van der Waals surface area (Å²) in [6.07, 6.45) is 3.44. The molecule has 0 aromatic rings. The van der Waals surface area contributed by atoms with E-state index in [-0.39, 0.29) is 6.10 Å². The van der Waals surface area contributed by atoms with Gasteiger partial charge >= 0.3 is 0 Å². The zero-order valence-corrected chi connectivity index (χ0v) is 15.5. The number of hydrogen-bond acceptors (Lipinski definition) is 6. The van der Waals surface area contributed by atoms with Crippen molar-refractivity contribution in [3.63, 3.8) is 0 Å². The van der Waals surface area contributed by atoms with Crippen LogP contribution >= 0.6 is 11.8 Å². The van der Waals surface area contributed by atoms with Crippen LogP contribution in [0.1, 0.15) is 40.0 Å². The van der Waals surface area contributed by atoms with Crippen LogP contribution in [0.5, 0.6) is 0 Å². The van der Waals surface area contributed by atoms with E-state index in [1.165, 1.54) is 24.4 Å². The maximum atomic E-state index is 11.6. The van der Waals surface area contributed by atoms with Gasteiger partial charge in [-0.25, -0.2) is 0 Å². The quantitative estimate of drug-likeness (QED) is 0.499. The molecular weight excluding hydrogens is 316 g/mol. The highest BCUT2D eigenvalue weighted by Crippen LogP contribution is 2.57. The standard InChI is InChI=1S/C17H30O5S/c1-11(2)6-7-13-15(3,22-13)17(20)14(21-4)12(18)8-9-16(17,19)10-23-5/h6,12-14,18-20H,7-10H2,1-5H3/t12?,13?,14?,15?,16-,17?/m0/s1. The molecule has 5 nitrogen and oxygen atoms in total. The predicted molar refractivity (Wildman–Crippen MR) is 91.6 cm³/mol. The van der Waals surface area contributed by atoms with Crippen LogP contribution in [-0.2, 0) is 9.47 Å². The van der Waals surface area contributed by atoms with Gasteiger partial charge in [0.05, 0.1) is 12.2 Å². The van der Waals surface area contributed by atoms with Gasteiger partial charge in [-0.3, -0.25) is 0 Å². The molecule has 1 aliphatic heterocycles. The van der Waals surface area contributed by atoms with Gasteiger partial charge in [-0.1, -0.05) is 11.6 Å². The summed E-state index contributed by atoms with van der Waals surface area (Å²) >= 11 is 1.47. The van der Waals surface area contributed by atoms with E-state index in [9.17, 15) is 15.3 Å². The molecule has 0 bridgehead atoms. The highest BCUT2D eigenvalue weighted by molar-refractivity contribution is 7.98. The van der Waals surface area contributed by atoms with Gasteiger partial charge < -0.3 is 24.8 Å². The summed E-state index contributed by atoms with van der Waals surface area (Å²) in [4.78, 5) is 0. The monoisotopic (exact) mass is 346 g/mol. The van der Waals surface area contributed by atoms with E-state index in [4.69, 9.17) is 9.47 Å². The van der Waals surface area contributed by atoms with Crippen molar-refractivity contribution in [3.8, 4) is 0 Å². The van der Waals surface area contributed by atoms with Gasteiger partial charge in [0.1, 0.15) is 17.3 Å². The molecule has 1 saturated carbocycles. The van der Waals surface area contributed by atoms with Gasteiger partial charge in [-0.15, -0.1) is 0 Å². The van der Waals surface area contributed by atoms with E-state index in [0.29, 0.717) is 25.0 Å². The topological polar surface area (TPSA) is 82.5 Å². The van der Waals surface area contributed by atoms with Gasteiger partial charge in [-0.05, 0) is 46.3 Å². The Hall–Kier alpha value is -0.110. The zero-order chi connectivity index (χ0) is 17.5. The Morgan fingerprint density at radius 3 is 2.57 bits per heavy atom. The Balaban J connectivity index is 2.37. The second kappa shape index (κ2) is 6.65. The molecule has 6 atom stereocenters. The molecular formula is C17H30O5S. The smallest absolute Gasteiger partial charge is 0.154 e. The maximum Gasteiger partial charge on any atom is 0.154 e. The number of epoxide rings is 1. The number of aliphatic hydroxyl groups is 3. The molecule has 2 fully saturated rings. The van der Waals surface area contributed by atoms with Crippen LogP contribution in [0.3, 0.4) is 0 Å². The fourth-order valence-corrected chi connectivity index (χ4v) is 4.82. The minimum atomic E-state index is -1.66. The highest BCUT2D eigenvalue weighted by atomic mass is 32.2. The van der Waals surface area contributed by atoms with Gasteiger partial charge in [0.15, 0.2) is 5.60 Å². The summed E-state index contributed by atoms with van der Waals surface area (Å²) in [6.45, 7) is 5.84. The summed E-state index contributed by atoms with van der Waals surface area (Å²) in [5.74, 6) is 0.365. The zero-order valence-electron chi connectivity index (χ0n) is 14.7. The van der Waals surface area contributed by atoms with E-state index in [0.717, 1.165) is 0 Å². The molecule has 2 rings (SSSR count). The van der Waals surface area contributed by atoms with E-state index in [1.807, 2.05) is 27.0 Å². The maximum absolute atomic E-state index is 11.6. The largest absolute Gasteiger partial charge is 0.390 e. The van der Waals surface area contributed by atoms with Crippen molar-refractivity contribution in [3.05, 3.63) is 11.6 Å². The van der Waals surface area contributed by atoms with Crippen molar-refractivity contribution in [1.82, 2.24) is 0 Å². The third-order valence-electron chi connectivity index (χ3n) is 5.40. The molecule has 134 valence electrons. The van der Waals surface area contributed by atoms with Crippen LogP contribution in [0.4, 0.5) is 0 Å². The molecule has 0 spiro atoms. The summed E-state index contributed by atoms with van der Waals surface area (Å²) in [5.41, 5.74) is -2.77. The first-order valence-electron chi connectivity index (χ1n) is 8.12. The van der Waals surface area contributed by atoms with Gasteiger partial charge in [0.25, 0.3) is 0 Å². The van der Waals surface area contributed by atoms with E-state index in [2.05, 4.69) is 6.08 Å². The molecule has 1 aliphatic carbocycles. The van der Waals surface area contributed by atoms with Crippen LogP contribution in [0.15, 0.2) is 11.6 Å². The molecule has 0 radical (unpaired) electrons. The Bertz CT molecular complexity index is 466. The molecule has 5 unspecified atom stereocenters. The Kier molecular flexibility index (Phi) is 5.56. The fraction of sp³-hybridized carbons (Fsp3) is 0.882. The van der Waals surface area contributed by atoms with Crippen molar-refractivity contribution in [2.24, 2.45) is 0 Å². The highest BCUT2D eigenvalue weighted by Gasteiger charge is 2.76. The van der Waals surface area contributed by atoms with Gasteiger partial charge in [0, 0.05) is 12.9 Å². The molecule has 2 aliphatic rings. The van der Waals surface area contributed by atoms with Crippen LogP contribution in [0.25, 0.3) is 0 Å². The normalized spacial score (nSPS) is 46.5. The molecule has 0 amide bonds. The minimum absolute atomic E-state index is 0.196. The molecule has 1 heterocycles. The van der Waals surface area contributed by atoms with Crippen LogP contribution in [-0.4, -0.2) is 69.6 Å². The number of allylic oxidation sites excluding steroid dienone is 1. The fourth-order valence-electron chi connectivity index (χ4n) is 3.98. The SMILES string of the molecule is COC1C(O)CC[C@](O)(CSC)C1(O)C1(C)OC1CC=C(C)C. The number of ether oxygens (including phenoxy) is 2. The van der Waals surface area contributed by atoms with Crippen LogP contribution < -0.4 is 0 Å². The first-order valence-corrected chi connectivity index (χ1v) is 9.51. The van der Waals surface area contributed by atoms with Crippen LogP contribution in [0, 0.1) is 0 Å². The summed E-state index contributed by atoms with van der Waals surface area (Å²) in [7, 11) is 1.46. The Morgan fingerprint density at radius 1 is 1.39 bits per heavy atom. The van der Waals surface area contributed by atoms with E-state index in [1.54, 1.807) is 0 Å². The molecule has 0 aromatic carbocycles. The first-order chi connectivity index (χ1) is 10.7. The number of aliphatic hydroxyl groups excluding tert-OH is 1. The number of methoxy groups -OCH3 is 1. The summed E-state index contributed by atoms with van der Waals surface area (Å²) in [6, 6.07) is 0. The van der Waals surface area contributed by atoms with Gasteiger partial charge in [-0.2, -0.15) is 11.8 Å². The average Bonchev–Trinajstić information content (AvgIpc) is 3.15. The van der Waals surface area contributed by atoms with E-state index < -0.39 is 29.0 Å². The molecule has 23 heavy (non-hydrogen) atoms.